The smallest absolute Gasteiger partial charge is 0.335 e. The molecule has 18 heteroatoms. The van der Waals surface area contributed by atoms with Gasteiger partial charge in [-0.15, -0.1) is 0 Å². The Bertz CT molecular complexity index is 2820. The number of carbonyl (C=O) groups excluding carboxylic acids is 4. The van der Waals surface area contributed by atoms with E-state index < -0.39 is 5.97 Å². The van der Waals surface area contributed by atoms with Gasteiger partial charge in [-0.3, -0.25) is 19.2 Å². The summed E-state index contributed by atoms with van der Waals surface area (Å²) in [4.78, 5) is 82.0. The number of aromatic nitrogens is 6. The Morgan fingerprint density at radius 2 is 1.18 bits per heavy atom. The molecule has 0 saturated carbocycles. The second kappa shape index (κ2) is 16.8. The van der Waals surface area contributed by atoms with Gasteiger partial charge in [0.1, 0.15) is 48.4 Å². The first kappa shape index (κ1) is 38.7. The van der Waals surface area contributed by atoms with E-state index in [0.717, 1.165) is 27.8 Å². The summed E-state index contributed by atoms with van der Waals surface area (Å²) in [6, 6.07) is 17.6. The van der Waals surface area contributed by atoms with Crippen molar-refractivity contribution in [2.24, 2.45) is 0 Å². The predicted octanol–water partition coefficient (Wildman–Crippen LogP) is 3.68. The van der Waals surface area contributed by atoms with Crippen LogP contribution in [0.25, 0.3) is 22.1 Å². The third kappa shape index (κ3) is 8.42. The molecule has 6 heterocycles. The fourth-order valence-corrected chi connectivity index (χ4v) is 6.76. The van der Waals surface area contributed by atoms with E-state index in [1.54, 1.807) is 36.7 Å². The van der Waals surface area contributed by atoms with Crippen molar-refractivity contribution in [2.45, 2.75) is 32.5 Å². The second-order valence-corrected chi connectivity index (χ2v) is 14.0. The highest BCUT2D eigenvalue weighted by atomic mass is 16.5. The number of carboxylic acids is 1. The van der Waals surface area contributed by atoms with E-state index in [0.29, 0.717) is 70.9 Å². The first-order chi connectivity index (χ1) is 29.1. The number of H-pyrrole nitrogens is 2. The van der Waals surface area contributed by atoms with Crippen molar-refractivity contribution in [3.05, 3.63) is 130 Å². The minimum atomic E-state index is -0.973. The summed E-state index contributed by atoms with van der Waals surface area (Å²) in [5, 5.41) is 18.0. The molecule has 2 amide bonds. The van der Waals surface area contributed by atoms with Crippen LogP contribution < -0.4 is 31.2 Å². The van der Waals surface area contributed by atoms with Gasteiger partial charge in [-0.2, -0.15) is 0 Å². The number of nitrogens with zero attached hydrogens (tertiary/aromatic N) is 4. The first-order valence-corrected chi connectivity index (χ1v) is 18.6. The minimum absolute atomic E-state index is 0.0236. The molecule has 0 fully saturated rings. The van der Waals surface area contributed by atoms with Gasteiger partial charge in [0.05, 0.1) is 28.0 Å². The first-order valence-electron chi connectivity index (χ1n) is 18.6. The molecular weight excluding hydrogens is 773 g/mol. The lowest BCUT2D eigenvalue weighted by atomic mass is 10.0. The molecule has 302 valence electrons. The molecule has 0 unspecified atom stereocenters. The summed E-state index contributed by atoms with van der Waals surface area (Å²) in [6.45, 7) is 1.23. The summed E-state index contributed by atoms with van der Waals surface area (Å²) in [7, 11) is 0. The molecule has 2 aliphatic heterocycles. The van der Waals surface area contributed by atoms with E-state index in [1.165, 1.54) is 12.7 Å². The standard InChI is InChI=1S/C25H21N5O5.C17H15N5O3/c31-18-8-17-7-15(3-6-20(17)35-12-18)10-28-24(32)23-22-21(29-13-30-23)19(11-27-22)26-9-14-1-4-16(5-2-14)25(33)34;18-12-6-19-15-14(12)21-8-22-16(15)17(24)20-5-9-1-2-13-10(3-9)4-11(23)7-25-13/h1-7,11,13,26-27H,8-10,12H2,(H,28,32)(H,33,34);1-3,6,8,19H,4-5,7,18H2,(H,20,24). The number of benzene rings is 3. The number of nitrogens with one attached hydrogen (secondary N) is 5. The van der Waals surface area contributed by atoms with Crippen LogP contribution in [-0.2, 0) is 42.1 Å². The number of carboxylic acid groups (broad SMARTS) is 1. The lowest BCUT2D eigenvalue weighted by Gasteiger charge is -2.17. The fraction of sp³-hybridized carbons (Fsp3) is 0.167. The molecule has 7 aromatic rings. The van der Waals surface area contributed by atoms with Crippen molar-refractivity contribution in [3.8, 4) is 11.5 Å². The molecule has 0 atom stereocenters. The normalized spacial score (nSPS) is 12.9. The summed E-state index contributed by atoms with van der Waals surface area (Å²) in [5.74, 6) is -0.189. The minimum Gasteiger partial charge on any atom is -0.486 e. The van der Waals surface area contributed by atoms with E-state index in [4.69, 9.17) is 20.3 Å². The number of anilines is 2. The van der Waals surface area contributed by atoms with E-state index in [2.05, 4.69) is 45.9 Å². The summed E-state index contributed by atoms with van der Waals surface area (Å²) < 4.78 is 10.8. The zero-order valence-corrected chi connectivity index (χ0v) is 31.7. The second-order valence-electron chi connectivity index (χ2n) is 14.0. The van der Waals surface area contributed by atoms with Gasteiger partial charge in [0.25, 0.3) is 11.8 Å². The maximum Gasteiger partial charge on any atom is 0.335 e. The lowest BCUT2D eigenvalue weighted by Crippen LogP contribution is -2.25. The number of carbonyl (C=O) groups is 5. The Labute approximate surface area is 340 Å². The molecule has 3 aromatic carbocycles. The number of rotatable bonds is 10. The molecule has 0 bridgehead atoms. The van der Waals surface area contributed by atoms with Crippen LogP contribution in [0.5, 0.6) is 11.5 Å². The molecule has 0 saturated heterocycles. The van der Waals surface area contributed by atoms with E-state index in [9.17, 15) is 24.0 Å². The quantitative estimate of drug-likeness (QED) is 0.104. The van der Waals surface area contributed by atoms with E-state index in [1.807, 2.05) is 36.4 Å². The molecule has 60 heavy (non-hydrogen) atoms. The monoisotopic (exact) mass is 808 g/mol. The van der Waals surface area contributed by atoms with E-state index in [-0.39, 0.29) is 60.1 Å². The van der Waals surface area contributed by atoms with Crippen molar-refractivity contribution < 1.29 is 38.6 Å². The zero-order chi connectivity index (χ0) is 41.8. The number of ether oxygens (including phenoxy) is 2. The van der Waals surface area contributed by atoms with Crippen LogP contribution in [-0.4, -0.2) is 77.6 Å². The van der Waals surface area contributed by atoms with E-state index >= 15 is 0 Å². The van der Waals surface area contributed by atoms with Crippen molar-refractivity contribution in [1.29, 1.82) is 0 Å². The van der Waals surface area contributed by atoms with Gasteiger partial charge >= 0.3 is 5.97 Å². The Morgan fingerprint density at radius 1 is 0.667 bits per heavy atom. The molecule has 2 aliphatic rings. The topological polar surface area (TPSA) is 269 Å². The van der Waals surface area contributed by atoms with Crippen LogP contribution in [0.1, 0.15) is 59.2 Å². The Hall–Kier alpha value is -8.15. The lowest BCUT2D eigenvalue weighted by molar-refractivity contribution is -0.122. The number of hydrogen-bond acceptors (Lipinski definition) is 13. The Kier molecular flexibility index (Phi) is 10.8. The molecular formula is C42H36N10O8. The van der Waals surface area contributed by atoms with Gasteiger partial charge < -0.3 is 46.2 Å². The molecule has 4 aromatic heterocycles. The molecule has 0 aliphatic carbocycles. The van der Waals surface area contributed by atoms with Crippen LogP contribution in [0.4, 0.5) is 11.4 Å². The number of hydrogen-bond donors (Lipinski definition) is 7. The number of aromatic carboxylic acids is 1. The van der Waals surface area contributed by atoms with Gasteiger partial charge in [0.2, 0.25) is 0 Å². The van der Waals surface area contributed by atoms with Crippen molar-refractivity contribution in [3.63, 3.8) is 0 Å². The SMILES string of the molecule is Nc1c[nH]c2c(C(=O)NCc3ccc4c(c3)CC(=O)CO4)ncnc12.O=C1COc2ccc(CNC(=O)c3ncnc4c(NCc5ccc(C(=O)O)cc5)c[nH]c34)cc2C1. The summed E-state index contributed by atoms with van der Waals surface area (Å²) in [6.07, 6.45) is 6.61. The van der Waals surface area contributed by atoms with Crippen molar-refractivity contribution in [2.75, 3.05) is 24.3 Å². The highest BCUT2D eigenvalue weighted by Crippen LogP contribution is 2.27. The van der Waals surface area contributed by atoms with Crippen molar-refractivity contribution >= 4 is 62.8 Å². The number of nitrogens with two attached hydrogens (primary N) is 1. The maximum absolute atomic E-state index is 12.9. The van der Waals surface area contributed by atoms with Gasteiger partial charge in [-0.25, -0.2) is 24.7 Å². The van der Waals surface area contributed by atoms with Gasteiger partial charge in [0, 0.05) is 56.0 Å². The molecule has 18 nitrogen and oxygen atoms in total. The maximum atomic E-state index is 12.9. The highest BCUT2D eigenvalue weighted by molar-refractivity contribution is 6.06. The molecule has 9 rings (SSSR count). The van der Waals surface area contributed by atoms with Crippen LogP contribution in [0.3, 0.4) is 0 Å². The van der Waals surface area contributed by atoms with Gasteiger partial charge in [-0.1, -0.05) is 24.3 Å². The number of Topliss-reactive ketones (excluding diaryl/α,β-unsaturated/α-hetero) is 2. The number of amides is 2. The van der Waals surface area contributed by atoms with Crippen molar-refractivity contribution in [1.82, 2.24) is 40.5 Å². The van der Waals surface area contributed by atoms with Crippen LogP contribution in [0, 0.1) is 0 Å². The number of nitrogen functional groups attached to an aromatic ring is 1. The summed E-state index contributed by atoms with van der Waals surface area (Å²) >= 11 is 0. The fourth-order valence-electron chi connectivity index (χ4n) is 6.76. The van der Waals surface area contributed by atoms with Gasteiger partial charge in [-0.05, 0) is 53.1 Å². The molecule has 0 radical (unpaired) electrons. The highest BCUT2D eigenvalue weighted by Gasteiger charge is 2.21. The van der Waals surface area contributed by atoms with Gasteiger partial charge in [0.15, 0.2) is 23.0 Å². The molecule has 0 spiro atoms. The average molecular weight is 809 g/mol. The predicted molar refractivity (Wildman–Crippen MR) is 217 cm³/mol. The third-order valence-corrected chi connectivity index (χ3v) is 9.78. The van der Waals surface area contributed by atoms with Crippen LogP contribution >= 0.6 is 0 Å². The van der Waals surface area contributed by atoms with Crippen LogP contribution in [0.2, 0.25) is 0 Å². The Morgan fingerprint density at radius 3 is 1.75 bits per heavy atom. The Balaban J connectivity index is 0.000000176. The number of fused-ring (bicyclic) bond motifs is 4. The average Bonchev–Trinajstić information content (AvgIpc) is 3.86. The zero-order valence-electron chi connectivity index (χ0n) is 31.7. The summed E-state index contributed by atoms with van der Waals surface area (Å²) in [5.41, 5.74) is 14.0. The van der Waals surface area contributed by atoms with Crippen LogP contribution in [0.15, 0.2) is 85.7 Å². The molecule has 8 N–H and O–H groups in total. The third-order valence-electron chi connectivity index (χ3n) is 9.78. The largest absolute Gasteiger partial charge is 0.486 e. The number of ketones is 2. The number of aromatic amines is 2.